The molecule has 0 aliphatic rings. The molecule has 34 heavy (non-hydrogen) atoms. The number of benzene rings is 1. The van der Waals surface area contributed by atoms with Crippen molar-refractivity contribution in [2.24, 2.45) is 5.92 Å². The van der Waals surface area contributed by atoms with Crippen LogP contribution in [0, 0.1) is 19.8 Å². The van der Waals surface area contributed by atoms with Crippen LogP contribution in [-0.2, 0) is 0 Å². The topological polar surface area (TPSA) is 57.7 Å². The number of hydrogen-bond acceptors (Lipinski definition) is 5. The van der Waals surface area contributed by atoms with Gasteiger partial charge in [0.25, 0.3) is 5.91 Å². The Morgan fingerprint density at radius 2 is 1.82 bits per heavy atom. The van der Waals surface area contributed by atoms with Crippen molar-refractivity contribution < 1.29 is 9.53 Å². The van der Waals surface area contributed by atoms with Crippen molar-refractivity contribution in [3.05, 3.63) is 57.9 Å². The smallest absolute Gasteiger partial charge is 0.252 e. The second-order valence-corrected chi connectivity index (χ2v) is 9.95. The highest BCUT2D eigenvalue weighted by atomic mass is 35.5. The van der Waals surface area contributed by atoms with Gasteiger partial charge in [-0.05, 0) is 102 Å². The van der Waals surface area contributed by atoms with Gasteiger partial charge >= 0.3 is 0 Å². The molecule has 0 bridgehead atoms. The SMILES string of the molecule is Cc1c(OCCCCN(C)C)ccc(C(C)N(C)CC(C)CNC(=O)c2ccc(Cl)nc2)c1C. The van der Waals surface area contributed by atoms with E-state index in [9.17, 15) is 4.79 Å². The lowest BCUT2D eigenvalue weighted by Gasteiger charge is -2.30. The molecule has 1 N–H and O–H groups in total. The number of rotatable bonds is 13. The Kier molecular flexibility index (Phi) is 11.3. The molecule has 0 saturated carbocycles. The maximum atomic E-state index is 12.3. The maximum Gasteiger partial charge on any atom is 0.252 e. The number of halogens is 1. The molecule has 0 aliphatic carbocycles. The van der Waals surface area contributed by atoms with Crippen molar-refractivity contribution in [1.29, 1.82) is 0 Å². The normalized spacial score (nSPS) is 13.2. The van der Waals surface area contributed by atoms with Gasteiger partial charge in [-0.15, -0.1) is 0 Å². The van der Waals surface area contributed by atoms with Gasteiger partial charge in [-0.3, -0.25) is 9.69 Å². The molecule has 6 nitrogen and oxygen atoms in total. The molecule has 0 spiro atoms. The first-order valence-electron chi connectivity index (χ1n) is 12.1. The summed E-state index contributed by atoms with van der Waals surface area (Å²) in [6, 6.07) is 7.87. The number of carbonyl (C=O) groups excluding carboxylic acids is 1. The molecule has 7 heteroatoms. The Bertz CT molecular complexity index is 918. The second-order valence-electron chi connectivity index (χ2n) is 9.56. The van der Waals surface area contributed by atoms with Gasteiger partial charge in [0.1, 0.15) is 10.9 Å². The van der Waals surface area contributed by atoms with E-state index in [0.717, 1.165) is 38.3 Å². The number of hydrogen-bond donors (Lipinski definition) is 1. The second kappa shape index (κ2) is 13.7. The molecule has 0 radical (unpaired) electrons. The van der Waals surface area contributed by atoms with Crippen molar-refractivity contribution in [3.8, 4) is 5.75 Å². The first-order chi connectivity index (χ1) is 16.1. The molecule has 188 valence electrons. The van der Waals surface area contributed by atoms with Crippen LogP contribution in [0.15, 0.2) is 30.5 Å². The highest BCUT2D eigenvalue weighted by molar-refractivity contribution is 6.29. The minimum atomic E-state index is -0.129. The molecule has 1 amide bonds. The molecule has 1 aromatic heterocycles. The first kappa shape index (κ1) is 28.1. The number of unbranched alkanes of at least 4 members (excludes halogenated alkanes) is 1. The highest BCUT2D eigenvalue weighted by Gasteiger charge is 2.19. The van der Waals surface area contributed by atoms with Crippen molar-refractivity contribution in [1.82, 2.24) is 20.1 Å². The Morgan fingerprint density at radius 3 is 2.47 bits per heavy atom. The van der Waals surface area contributed by atoms with Gasteiger partial charge in [-0.1, -0.05) is 24.6 Å². The fourth-order valence-electron chi connectivity index (χ4n) is 3.97. The quantitative estimate of drug-likeness (QED) is 0.313. The van der Waals surface area contributed by atoms with Gasteiger partial charge in [0.05, 0.1) is 12.2 Å². The van der Waals surface area contributed by atoms with Gasteiger partial charge in [0.15, 0.2) is 0 Å². The van der Waals surface area contributed by atoms with Crippen molar-refractivity contribution in [2.75, 3.05) is 47.4 Å². The average molecular weight is 489 g/mol. The summed E-state index contributed by atoms with van der Waals surface area (Å²) in [6.45, 7) is 12.0. The lowest BCUT2D eigenvalue weighted by Crippen LogP contribution is -2.35. The summed E-state index contributed by atoms with van der Waals surface area (Å²) in [5.41, 5.74) is 4.32. The van der Waals surface area contributed by atoms with E-state index in [-0.39, 0.29) is 11.9 Å². The first-order valence-corrected chi connectivity index (χ1v) is 12.5. The molecule has 2 aromatic rings. The maximum absolute atomic E-state index is 12.3. The molecule has 2 unspecified atom stereocenters. The van der Waals surface area contributed by atoms with Gasteiger partial charge in [-0.2, -0.15) is 0 Å². The van der Waals surface area contributed by atoms with Gasteiger partial charge < -0.3 is 15.0 Å². The summed E-state index contributed by atoms with van der Waals surface area (Å²) in [4.78, 5) is 20.8. The molecule has 1 heterocycles. The summed E-state index contributed by atoms with van der Waals surface area (Å²) in [5.74, 6) is 1.15. The van der Waals surface area contributed by atoms with E-state index in [1.165, 1.54) is 22.9 Å². The molecule has 0 aliphatic heterocycles. The van der Waals surface area contributed by atoms with E-state index in [2.05, 4.69) is 81.1 Å². The predicted octanol–water partition coefficient (Wildman–Crippen LogP) is 5.13. The third-order valence-corrected chi connectivity index (χ3v) is 6.57. The third-order valence-electron chi connectivity index (χ3n) is 6.35. The molecular weight excluding hydrogens is 448 g/mol. The number of aromatic nitrogens is 1. The highest BCUT2D eigenvalue weighted by Crippen LogP contribution is 2.30. The van der Waals surface area contributed by atoms with Crippen LogP contribution < -0.4 is 10.1 Å². The number of nitrogens with zero attached hydrogens (tertiary/aromatic N) is 3. The summed E-state index contributed by atoms with van der Waals surface area (Å²) >= 11 is 5.80. The van der Waals surface area contributed by atoms with E-state index in [1.54, 1.807) is 12.1 Å². The van der Waals surface area contributed by atoms with Crippen LogP contribution in [0.25, 0.3) is 0 Å². The largest absolute Gasteiger partial charge is 0.493 e. The van der Waals surface area contributed by atoms with Gasteiger partial charge in [0, 0.05) is 25.3 Å². The van der Waals surface area contributed by atoms with E-state index >= 15 is 0 Å². The van der Waals surface area contributed by atoms with Crippen molar-refractivity contribution in [2.45, 2.75) is 46.6 Å². The van der Waals surface area contributed by atoms with E-state index in [1.807, 2.05) is 0 Å². The minimum Gasteiger partial charge on any atom is -0.493 e. The fraction of sp³-hybridized carbons (Fsp3) is 0.556. The summed E-state index contributed by atoms with van der Waals surface area (Å²) < 4.78 is 6.07. The summed E-state index contributed by atoms with van der Waals surface area (Å²) in [6.07, 6.45) is 3.69. The zero-order chi connectivity index (χ0) is 25.3. The molecule has 2 atom stereocenters. The number of ether oxygens (including phenoxy) is 1. The lowest BCUT2D eigenvalue weighted by molar-refractivity contribution is 0.0943. The number of nitrogens with one attached hydrogen (secondary N) is 1. The summed E-state index contributed by atoms with van der Waals surface area (Å²) in [5, 5.41) is 3.38. The van der Waals surface area contributed by atoms with Gasteiger partial charge in [0.2, 0.25) is 0 Å². The summed E-state index contributed by atoms with van der Waals surface area (Å²) in [7, 11) is 6.33. The van der Waals surface area contributed by atoms with Crippen molar-refractivity contribution in [3.63, 3.8) is 0 Å². The Balaban J connectivity index is 1.87. The van der Waals surface area contributed by atoms with Crippen LogP contribution in [0.4, 0.5) is 0 Å². The molecule has 0 saturated heterocycles. The van der Waals surface area contributed by atoms with Crippen LogP contribution in [0.2, 0.25) is 5.15 Å². The van der Waals surface area contributed by atoms with Crippen LogP contribution >= 0.6 is 11.6 Å². The van der Waals surface area contributed by atoms with Crippen LogP contribution in [0.5, 0.6) is 5.75 Å². The Hall–Kier alpha value is -2.15. The molecular formula is C27H41ClN4O2. The fourth-order valence-corrected chi connectivity index (χ4v) is 4.08. The van der Waals surface area contributed by atoms with Crippen LogP contribution in [0.3, 0.4) is 0 Å². The molecule has 2 rings (SSSR count). The van der Waals surface area contributed by atoms with E-state index in [0.29, 0.717) is 23.2 Å². The Morgan fingerprint density at radius 1 is 1.09 bits per heavy atom. The standard InChI is InChI=1S/C27H41ClN4O2/c1-19(16-30-27(33)23-10-13-26(28)29-17-23)18-32(7)22(4)24-11-12-25(21(3)20(24)2)34-15-9-8-14-31(5)6/h10-13,17,19,22H,8-9,14-16,18H2,1-7H3,(H,30,33). The van der Waals surface area contributed by atoms with E-state index < -0.39 is 0 Å². The van der Waals surface area contributed by atoms with Gasteiger partial charge in [-0.25, -0.2) is 4.98 Å². The monoisotopic (exact) mass is 488 g/mol. The minimum absolute atomic E-state index is 0.129. The third kappa shape index (κ3) is 8.57. The lowest BCUT2D eigenvalue weighted by atomic mass is 9.96. The number of carbonyl (C=O) groups is 1. The Labute approximate surface area is 210 Å². The number of pyridine rings is 1. The molecule has 1 aromatic carbocycles. The van der Waals surface area contributed by atoms with Crippen molar-refractivity contribution >= 4 is 17.5 Å². The van der Waals surface area contributed by atoms with E-state index in [4.69, 9.17) is 16.3 Å². The zero-order valence-electron chi connectivity index (χ0n) is 21.8. The van der Waals surface area contributed by atoms with Crippen LogP contribution in [-0.4, -0.2) is 68.1 Å². The number of amides is 1. The average Bonchev–Trinajstić information content (AvgIpc) is 2.79. The van der Waals surface area contributed by atoms with Crippen LogP contribution in [0.1, 0.15) is 59.8 Å². The molecule has 0 fully saturated rings. The predicted molar refractivity (Wildman–Crippen MR) is 141 cm³/mol. The zero-order valence-corrected chi connectivity index (χ0v) is 22.6.